The third-order valence-electron chi connectivity index (χ3n) is 2.71. The summed E-state index contributed by atoms with van der Waals surface area (Å²) >= 11 is 1.64. The van der Waals surface area contributed by atoms with Gasteiger partial charge < -0.3 is 11.1 Å². The van der Waals surface area contributed by atoms with Crippen LogP contribution in [0.15, 0.2) is 30.3 Å². The van der Waals surface area contributed by atoms with Gasteiger partial charge in [-0.3, -0.25) is 9.59 Å². The van der Waals surface area contributed by atoms with Crippen molar-refractivity contribution >= 4 is 24.0 Å². The van der Waals surface area contributed by atoms with Crippen LogP contribution in [0.2, 0.25) is 0 Å². The summed E-state index contributed by atoms with van der Waals surface area (Å²) in [6.07, 6.45) is 4.85. The molecule has 0 saturated heterocycles. The Morgan fingerprint density at radius 2 is 2.11 bits per heavy atom. The molecule has 1 radical (unpaired) electrons. The normalized spacial score (nSPS) is 13.6. The van der Waals surface area contributed by atoms with Gasteiger partial charge in [0.05, 0.1) is 12.1 Å². The Morgan fingerprint density at radius 1 is 1.42 bits per heavy atom. The molecule has 0 fully saturated rings. The van der Waals surface area contributed by atoms with Gasteiger partial charge in [0, 0.05) is 6.42 Å². The number of amides is 1. The molecule has 1 amide bonds. The molecule has 0 saturated carbocycles. The molecule has 1 aromatic carbocycles. The highest BCUT2D eigenvalue weighted by molar-refractivity contribution is 7.98. The summed E-state index contributed by atoms with van der Waals surface area (Å²) in [7, 11) is 0. The molecule has 5 heteroatoms. The first-order valence-corrected chi connectivity index (χ1v) is 7.53. The summed E-state index contributed by atoms with van der Waals surface area (Å²) in [5.41, 5.74) is 6.72. The van der Waals surface area contributed by atoms with E-state index in [9.17, 15) is 9.59 Å². The van der Waals surface area contributed by atoms with Gasteiger partial charge in [-0.25, -0.2) is 0 Å². The predicted molar refractivity (Wildman–Crippen MR) is 78.7 cm³/mol. The van der Waals surface area contributed by atoms with Crippen LogP contribution >= 0.6 is 11.8 Å². The second-order valence-electron chi connectivity index (χ2n) is 4.26. The quantitative estimate of drug-likeness (QED) is 0.742. The maximum Gasteiger partial charge on any atom is 0.237 e. The van der Waals surface area contributed by atoms with Crippen LogP contribution in [0.5, 0.6) is 0 Å². The molecule has 2 atom stereocenters. The third kappa shape index (κ3) is 5.89. The van der Waals surface area contributed by atoms with Crippen molar-refractivity contribution in [3.05, 3.63) is 35.9 Å². The maximum atomic E-state index is 11.8. The van der Waals surface area contributed by atoms with Gasteiger partial charge in [0.25, 0.3) is 0 Å². The van der Waals surface area contributed by atoms with Crippen LogP contribution in [-0.2, 0) is 16.0 Å². The molecule has 0 aromatic heterocycles. The Hall–Kier alpha value is -1.33. The molecular formula is C14H19N2O2S. The van der Waals surface area contributed by atoms with Crippen molar-refractivity contribution < 1.29 is 9.59 Å². The second-order valence-corrected chi connectivity index (χ2v) is 5.24. The fourth-order valence-corrected chi connectivity index (χ4v) is 2.12. The molecule has 0 unspecified atom stereocenters. The van der Waals surface area contributed by atoms with Crippen molar-refractivity contribution in [3.63, 3.8) is 0 Å². The lowest BCUT2D eigenvalue weighted by molar-refractivity contribution is -0.122. The zero-order chi connectivity index (χ0) is 14.1. The SMILES string of the molecule is CSCC[C@H](N)C(=O)N[C@H]([C]=O)Cc1ccccc1. The number of hydrogen-bond donors (Lipinski definition) is 2. The van der Waals surface area contributed by atoms with E-state index in [1.807, 2.05) is 42.9 Å². The molecule has 4 nitrogen and oxygen atoms in total. The largest absolute Gasteiger partial charge is 0.344 e. The summed E-state index contributed by atoms with van der Waals surface area (Å²) in [5.74, 6) is 0.529. The zero-order valence-corrected chi connectivity index (χ0v) is 11.8. The summed E-state index contributed by atoms with van der Waals surface area (Å²) in [6, 6.07) is 8.29. The molecule has 0 bridgehead atoms. The molecule has 3 N–H and O–H groups in total. The molecule has 19 heavy (non-hydrogen) atoms. The predicted octanol–water partition coefficient (Wildman–Crippen LogP) is 0.904. The molecule has 1 aromatic rings. The number of carbonyl (C=O) groups excluding carboxylic acids is 2. The Balaban J connectivity index is 2.48. The number of rotatable bonds is 8. The van der Waals surface area contributed by atoms with Gasteiger partial charge in [-0.05, 0) is 24.0 Å². The highest BCUT2D eigenvalue weighted by atomic mass is 32.2. The summed E-state index contributed by atoms with van der Waals surface area (Å²) in [6.45, 7) is 0. The average Bonchev–Trinajstić information content (AvgIpc) is 2.44. The van der Waals surface area contributed by atoms with Gasteiger partial charge in [0.2, 0.25) is 12.2 Å². The lowest BCUT2D eigenvalue weighted by Gasteiger charge is -2.16. The Morgan fingerprint density at radius 3 is 2.68 bits per heavy atom. The molecule has 0 aliphatic carbocycles. The van der Waals surface area contributed by atoms with Crippen molar-refractivity contribution in [1.29, 1.82) is 0 Å². The van der Waals surface area contributed by atoms with E-state index in [0.29, 0.717) is 12.8 Å². The summed E-state index contributed by atoms with van der Waals surface area (Å²) in [4.78, 5) is 22.7. The number of hydrogen-bond acceptors (Lipinski definition) is 4. The van der Waals surface area contributed by atoms with Crippen LogP contribution in [0.3, 0.4) is 0 Å². The first-order chi connectivity index (χ1) is 9.17. The van der Waals surface area contributed by atoms with Crippen molar-refractivity contribution in [1.82, 2.24) is 5.32 Å². The zero-order valence-electron chi connectivity index (χ0n) is 11.0. The minimum atomic E-state index is -0.643. The minimum absolute atomic E-state index is 0.293. The van der Waals surface area contributed by atoms with Crippen LogP contribution in [0.4, 0.5) is 0 Å². The fourth-order valence-electron chi connectivity index (χ4n) is 1.63. The van der Waals surface area contributed by atoms with Crippen molar-refractivity contribution in [2.24, 2.45) is 5.73 Å². The number of nitrogens with one attached hydrogen (secondary N) is 1. The highest BCUT2D eigenvalue weighted by Gasteiger charge is 2.18. The second kappa shape index (κ2) is 8.72. The maximum absolute atomic E-state index is 11.8. The number of nitrogens with two attached hydrogens (primary N) is 1. The third-order valence-corrected chi connectivity index (χ3v) is 3.36. The standard InChI is InChI=1S/C14H19N2O2S/c1-19-8-7-13(15)14(18)16-12(10-17)9-11-5-3-2-4-6-11/h2-6,12-13H,7-9,15H2,1H3,(H,16,18)/t12-,13-/m0/s1. The van der Waals surface area contributed by atoms with Gasteiger partial charge in [0.15, 0.2) is 0 Å². The molecule has 0 spiro atoms. The van der Waals surface area contributed by atoms with Crippen LogP contribution in [-0.4, -0.2) is 36.3 Å². The van der Waals surface area contributed by atoms with Crippen LogP contribution in [0, 0.1) is 0 Å². The number of benzene rings is 1. The highest BCUT2D eigenvalue weighted by Crippen LogP contribution is 2.03. The molecular weight excluding hydrogens is 260 g/mol. The molecule has 1 rings (SSSR count). The Labute approximate surface area is 118 Å². The minimum Gasteiger partial charge on any atom is -0.344 e. The average molecular weight is 279 g/mol. The lowest BCUT2D eigenvalue weighted by atomic mass is 10.1. The fraction of sp³-hybridized carbons (Fsp3) is 0.429. The van der Waals surface area contributed by atoms with Gasteiger partial charge in [-0.15, -0.1) is 0 Å². The van der Waals surface area contributed by atoms with Gasteiger partial charge in [0.1, 0.15) is 0 Å². The number of carbonyl (C=O) groups is 1. The smallest absolute Gasteiger partial charge is 0.237 e. The van der Waals surface area contributed by atoms with E-state index < -0.39 is 12.1 Å². The molecule has 103 valence electrons. The van der Waals surface area contributed by atoms with Gasteiger partial charge in [-0.2, -0.15) is 11.8 Å². The van der Waals surface area contributed by atoms with Crippen molar-refractivity contribution in [3.8, 4) is 0 Å². The van der Waals surface area contributed by atoms with E-state index in [-0.39, 0.29) is 5.91 Å². The Bertz CT molecular complexity index is 398. The number of thioether (sulfide) groups is 1. The molecule has 0 aliphatic heterocycles. The van der Waals surface area contributed by atoms with Crippen LogP contribution < -0.4 is 11.1 Å². The lowest BCUT2D eigenvalue weighted by Crippen LogP contribution is -2.47. The topological polar surface area (TPSA) is 72.2 Å². The summed E-state index contributed by atoms with van der Waals surface area (Å²) in [5, 5.41) is 2.63. The molecule has 0 heterocycles. The monoisotopic (exact) mass is 279 g/mol. The van der Waals surface area contributed by atoms with E-state index in [2.05, 4.69) is 5.32 Å². The van der Waals surface area contributed by atoms with E-state index in [1.165, 1.54) is 0 Å². The van der Waals surface area contributed by atoms with E-state index in [0.717, 1.165) is 11.3 Å². The first kappa shape index (κ1) is 15.7. The van der Waals surface area contributed by atoms with E-state index in [1.54, 1.807) is 11.8 Å². The van der Waals surface area contributed by atoms with Gasteiger partial charge in [-0.1, -0.05) is 30.3 Å². The van der Waals surface area contributed by atoms with E-state index in [4.69, 9.17) is 5.73 Å². The van der Waals surface area contributed by atoms with Crippen molar-refractivity contribution in [2.75, 3.05) is 12.0 Å². The summed E-state index contributed by atoms with van der Waals surface area (Å²) < 4.78 is 0. The van der Waals surface area contributed by atoms with Crippen LogP contribution in [0.25, 0.3) is 0 Å². The van der Waals surface area contributed by atoms with Crippen molar-refractivity contribution in [2.45, 2.75) is 24.9 Å². The van der Waals surface area contributed by atoms with Gasteiger partial charge >= 0.3 is 0 Å². The molecule has 0 aliphatic rings. The Kier molecular flexibility index (Phi) is 7.22. The van der Waals surface area contributed by atoms with Crippen LogP contribution in [0.1, 0.15) is 12.0 Å². The van der Waals surface area contributed by atoms with E-state index >= 15 is 0 Å². The first-order valence-electron chi connectivity index (χ1n) is 6.14.